The standard InChI is InChI=1S/C30H42N2O3/c1-6-26(29(34)31-24-15-8-7-9-16-24)32(20-23-14-12-13-22(2)19-23)28(33)21-35-27-18-11-10-17-25(27)30(3,4)5/h10-14,17-19,24,26H,6-9,15-16,20-21H2,1-5H3,(H,31,34). The number of rotatable bonds is 9. The average Bonchev–Trinajstić information content (AvgIpc) is 2.82. The third kappa shape index (κ3) is 7.58. The molecule has 3 rings (SSSR count). The van der Waals surface area contributed by atoms with Crippen molar-refractivity contribution in [3.05, 3.63) is 65.2 Å². The Kier molecular flexibility index (Phi) is 9.36. The van der Waals surface area contributed by atoms with Crippen LogP contribution in [0.2, 0.25) is 0 Å². The molecule has 0 bridgehead atoms. The molecule has 1 atom stereocenters. The number of hydrogen-bond donors (Lipinski definition) is 1. The van der Waals surface area contributed by atoms with Crippen molar-refractivity contribution in [1.29, 1.82) is 0 Å². The molecule has 0 saturated heterocycles. The van der Waals surface area contributed by atoms with Crippen molar-refractivity contribution in [2.24, 2.45) is 0 Å². The average molecular weight is 479 g/mol. The maximum absolute atomic E-state index is 13.6. The zero-order valence-corrected chi connectivity index (χ0v) is 22.1. The Morgan fingerprint density at radius 2 is 1.77 bits per heavy atom. The minimum atomic E-state index is -0.536. The molecular formula is C30H42N2O3. The van der Waals surface area contributed by atoms with Gasteiger partial charge in [-0.2, -0.15) is 0 Å². The van der Waals surface area contributed by atoms with Crippen LogP contribution in [0.5, 0.6) is 5.75 Å². The van der Waals surface area contributed by atoms with E-state index in [9.17, 15) is 9.59 Å². The summed E-state index contributed by atoms with van der Waals surface area (Å²) in [7, 11) is 0. The number of aryl methyl sites for hydroxylation is 1. The van der Waals surface area contributed by atoms with E-state index in [0.29, 0.717) is 18.7 Å². The van der Waals surface area contributed by atoms with Crippen molar-refractivity contribution in [3.63, 3.8) is 0 Å². The SMILES string of the molecule is CCC(C(=O)NC1CCCCC1)N(Cc1cccc(C)c1)C(=O)COc1ccccc1C(C)(C)C. The Bertz CT molecular complexity index is 989. The van der Waals surface area contributed by atoms with E-state index in [-0.39, 0.29) is 29.9 Å². The van der Waals surface area contributed by atoms with Crippen molar-refractivity contribution < 1.29 is 14.3 Å². The van der Waals surface area contributed by atoms with Gasteiger partial charge in [0.1, 0.15) is 11.8 Å². The van der Waals surface area contributed by atoms with Gasteiger partial charge in [-0.1, -0.05) is 95.0 Å². The lowest BCUT2D eigenvalue weighted by Crippen LogP contribution is -2.52. The molecule has 0 spiro atoms. The number of para-hydroxylation sites is 1. The molecular weight excluding hydrogens is 436 g/mol. The number of nitrogens with zero attached hydrogens (tertiary/aromatic N) is 1. The fourth-order valence-corrected chi connectivity index (χ4v) is 4.91. The number of amides is 2. The Morgan fingerprint density at radius 3 is 2.43 bits per heavy atom. The normalized spacial score (nSPS) is 15.3. The third-order valence-electron chi connectivity index (χ3n) is 6.82. The van der Waals surface area contributed by atoms with Gasteiger partial charge in [0, 0.05) is 12.6 Å². The predicted molar refractivity (Wildman–Crippen MR) is 141 cm³/mol. The first kappa shape index (κ1) is 26.8. The molecule has 2 aromatic carbocycles. The minimum Gasteiger partial charge on any atom is -0.483 e. The molecule has 2 amide bonds. The highest BCUT2D eigenvalue weighted by molar-refractivity contribution is 5.88. The zero-order chi connectivity index (χ0) is 25.4. The van der Waals surface area contributed by atoms with Crippen LogP contribution < -0.4 is 10.1 Å². The summed E-state index contributed by atoms with van der Waals surface area (Å²) in [5.41, 5.74) is 3.09. The largest absolute Gasteiger partial charge is 0.483 e. The van der Waals surface area contributed by atoms with Gasteiger partial charge in [-0.05, 0) is 48.8 Å². The van der Waals surface area contributed by atoms with Gasteiger partial charge < -0.3 is 15.0 Å². The van der Waals surface area contributed by atoms with Gasteiger partial charge in [-0.25, -0.2) is 0 Å². The van der Waals surface area contributed by atoms with Crippen LogP contribution in [0.4, 0.5) is 0 Å². The van der Waals surface area contributed by atoms with Crippen LogP contribution in [0.15, 0.2) is 48.5 Å². The third-order valence-corrected chi connectivity index (χ3v) is 6.82. The van der Waals surface area contributed by atoms with Crippen LogP contribution in [-0.4, -0.2) is 35.4 Å². The molecule has 0 heterocycles. The highest BCUT2D eigenvalue weighted by Crippen LogP contribution is 2.31. The smallest absolute Gasteiger partial charge is 0.261 e. The summed E-state index contributed by atoms with van der Waals surface area (Å²) in [5.74, 6) is 0.472. The van der Waals surface area contributed by atoms with Gasteiger partial charge in [-0.15, -0.1) is 0 Å². The molecule has 35 heavy (non-hydrogen) atoms. The van der Waals surface area contributed by atoms with E-state index < -0.39 is 6.04 Å². The number of nitrogens with one attached hydrogen (secondary N) is 1. The molecule has 1 fully saturated rings. The topological polar surface area (TPSA) is 58.6 Å². The summed E-state index contributed by atoms with van der Waals surface area (Å²) in [6, 6.07) is 15.6. The first-order valence-corrected chi connectivity index (χ1v) is 13.1. The van der Waals surface area contributed by atoms with Gasteiger partial charge in [0.2, 0.25) is 5.91 Å². The van der Waals surface area contributed by atoms with Gasteiger partial charge in [-0.3, -0.25) is 9.59 Å². The second-order valence-electron chi connectivity index (χ2n) is 10.8. The maximum Gasteiger partial charge on any atom is 0.261 e. The molecule has 0 aromatic heterocycles. The van der Waals surface area contributed by atoms with E-state index in [1.54, 1.807) is 4.90 Å². The van der Waals surface area contributed by atoms with Crippen molar-refractivity contribution in [2.75, 3.05) is 6.61 Å². The summed E-state index contributed by atoms with van der Waals surface area (Å²) in [4.78, 5) is 28.6. The van der Waals surface area contributed by atoms with Gasteiger partial charge in [0.25, 0.3) is 5.91 Å². The van der Waals surface area contributed by atoms with E-state index in [0.717, 1.165) is 42.4 Å². The van der Waals surface area contributed by atoms with Gasteiger partial charge in [0.05, 0.1) is 0 Å². The lowest BCUT2D eigenvalue weighted by molar-refractivity contribution is -0.143. The zero-order valence-electron chi connectivity index (χ0n) is 22.1. The number of carbonyl (C=O) groups excluding carboxylic acids is 2. The number of ether oxygens (including phenoxy) is 1. The minimum absolute atomic E-state index is 0.0597. The summed E-state index contributed by atoms with van der Waals surface area (Å²) < 4.78 is 6.07. The van der Waals surface area contributed by atoms with E-state index in [1.807, 2.05) is 56.3 Å². The second kappa shape index (κ2) is 12.2. The van der Waals surface area contributed by atoms with Crippen molar-refractivity contribution in [3.8, 4) is 5.75 Å². The second-order valence-corrected chi connectivity index (χ2v) is 10.8. The molecule has 1 aliphatic rings. The molecule has 1 aliphatic carbocycles. The lowest BCUT2D eigenvalue weighted by atomic mass is 9.86. The highest BCUT2D eigenvalue weighted by Gasteiger charge is 2.31. The quantitative estimate of drug-likeness (QED) is 0.486. The van der Waals surface area contributed by atoms with Crippen molar-refractivity contribution >= 4 is 11.8 Å². The first-order valence-electron chi connectivity index (χ1n) is 13.1. The summed E-state index contributed by atoms with van der Waals surface area (Å²) in [6.45, 7) is 10.7. The van der Waals surface area contributed by atoms with Crippen LogP contribution in [0, 0.1) is 6.92 Å². The fraction of sp³-hybridized carbons (Fsp3) is 0.533. The molecule has 2 aromatic rings. The Balaban J connectivity index is 1.80. The molecule has 1 unspecified atom stereocenters. The van der Waals surface area contributed by atoms with E-state index >= 15 is 0 Å². The molecule has 5 nitrogen and oxygen atoms in total. The molecule has 1 saturated carbocycles. The van der Waals surface area contributed by atoms with Crippen LogP contribution in [0.25, 0.3) is 0 Å². The van der Waals surface area contributed by atoms with Crippen molar-refractivity contribution in [1.82, 2.24) is 10.2 Å². The van der Waals surface area contributed by atoms with Crippen molar-refractivity contribution in [2.45, 2.75) is 97.2 Å². The van der Waals surface area contributed by atoms with Gasteiger partial charge >= 0.3 is 0 Å². The Morgan fingerprint density at radius 1 is 1.06 bits per heavy atom. The summed E-state index contributed by atoms with van der Waals surface area (Å²) in [5, 5.41) is 3.23. The molecule has 190 valence electrons. The highest BCUT2D eigenvalue weighted by atomic mass is 16.5. The number of hydrogen-bond acceptors (Lipinski definition) is 3. The Hall–Kier alpha value is -2.82. The van der Waals surface area contributed by atoms with Crippen LogP contribution >= 0.6 is 0 Å². The summed E-state index contributed by atoms with van der Waals surface area (Å²) in [6.07, 6.45) is 6.11. The number of benzene rings is 2. The van der Waals surface area contributed by atoms with Crippen LogP contribution in [0.3, 0.4) is 0 Å². The first-order chi connectivity index (χ1) is 16.7. The van der Waals surface area contributed by atoms with E-state index in [4.69, 9.17) is 4.74 Å². The molecule has 0 radical (unpaired) electrons. The number of carbonyl (C=O) groups is 2. The molecule has 5 heteroatoms. The Labute approximate surface area is 211 Å². The predicted octanol–water partition coefficient (Wildman–Crippen LogP) is 5.93. The molecule has 0 aliphatic heterocycles. The van der Waals surface area contributed by atoms with Crippen LogP contribution in [0.1, 0.15) is 82.9 Å². The van der Waals surface area contributed by atoms with E-state index in [2.05, 4.69) is 32.2 Å². The van der Waals surface area contributed by atoms with E-state index in [1.165, 1.54) is 6.42 Å². The van der Waals surface area contributed by atoms with Gasteiger partial charge in [0.15, 0.2) is 6.61 Å². The maximum atomic E-state index is 13.6. The monoisotopic (exact) mass is 478 g/mol. The fourth-order valence-electron chi connectivity index (χ4n) is 4.91. The molecule has 1 N–H and O–H groups in total. The lowest BCUT2D eigenvalue weighted by Gasteiger charge is -2.33. The summed E-state index contributed by atoms with van der Waals surface area (Å²) >= 11 is 0. The van der Waals surface area contributed by atoms with Crippen LogP contribution in [-0.2, 0) is 21.5 Å².